The topological polar surface area (TPSA) is 52.7 Å². The van der Waals surface area contributed by atoms with Gasteiger partial charge in [0, 0.05) is 43.9 Å². The van der Waals surface area contributed by atoms with Gasteiger partial charge in [-0.3, -0.25) is 4.79 Å². The Hall–Kier alpha value is -0.910. The SMILES string of the molecule is O=C(NCC1CCCS1)C1CCN(C(=O)N2CCCC2)CC1. The molecule has 3 saturated heterocycles. The molecule has 124 valence electrons. The average Bonchev–Trinajstić information content (AvgIpc) is 3.25. The number of likely N-dealkylation sites (tertiary alicyclic amines) is 2. The van der Waals surface area contributed by atoms with Gasteiger partial charge >= 0.3 is 6.03 Å². The number of piperidine rings is 1. The predicted octanol–water partition coefficient (Wildman–Crippen LogP) is 1.93. The third-order valence-corrected chi connectivity index (χ3v) is 6.44. The van der Waals surface area contributed by atoms with E-state index in [0.29, 0.717) is 5.25 Å². The molecule has 3 heterocycles. The van der Waals surface area contributed by atoms with Crippen molar-refractivity contribution in [3.8, 4) is 0 Å². The van der Waals surface area contributed by atoms with E-state index in [4.69, 9.17) is 0 Å². The monoisotopic (exact) mass is 325 g/mol. The molecule has 0 bridgehead atoms. The molecule has 0 aromatic carbocycles. The van der Waals surface area contributed by atoms with Gasteiger partial charge in [-0.2, -0.15) is 11.8 Å². The van der Waals surface area contributed by atoms with Crippen molar-refractivity contribution < 1.29 is 9.59 Å². The fraction of sp³-hybridized carbons (Fsp3) is 0.875. The number of nitrogens with one attached hydrogen (secondary N) is 1. The maximum Gasteiger partial charge on any atom is 0.319 e. The lowest BCUT2D eigenvalue weighted by atomic mass is 9.96. The van der Waals surface area contributed by atoms with Crippen molar-refractivity contribution in [2.24, 2.45) is 5.92 Å². The lowest BCUT2D eigenvalue weighted by Gasteiger charge is -2.34. The predicted molar refractivity (Wildman–Crippen MR) is 89.0 cm³/mol. The third kappa shape index (κ3) is 3.89. The van der Waals surface area contributed by atoms with E-state index in [0.717, 1.165) is 58.4 Å². The van der Waals surface area contributed by atoms with Crippen LogP contribution in [-0.2, 0) is 4.79 Å². The van der Waals surface area contributed by atoms with Gasteiger partial charge in [0.2, 0.25) is 5.91 Å². The molecule has 0 saturated carbocycles. The smallest absolute Gasteiger partial charge is 0.319 e. The van der Waals surface area contributed by atoms with Gasteiger partial charge in [0.15, 0.2) is 0 Å². The minimum atomic E-state index is 0.0917. The molecule has 0 aromatic heterocycles. The van der Waals surface area contributed by atoms with Gasteiger partial charge in [-0.25, -0.2) is 4.79 Å². The van der Waals surface area contributed by atoms with Crippen molar-refractivity contribution in [1.82, 2.24) is 15.1 Å². The molecule has 1 atom stereocenters. The van der Waals surface area contributed by atoms with Crippen LogP contribution in [0, 0.1) is 5.92 Å². The number of hydrogen-bond acceptors (Lipinski definition) is 3. The van der Waals surface area contributed by atoms with Crippen LogP contribution >= 0.6 is 11.8 Å². The first-order valence-electron chi connectivity index (χ1n) is 8.67. The third-order valence-electron chi connectivity index (χ3n) is 5.04. The molecular formula is C16H27N3O2S. The van der Waals surface area contributed by atoms with E-state index < -0.39 is 0 Å². The van der Waals surface area contributed by atoms with Gasteiger partial charge in [0.05, 0.1) is 0 Å². The summed E-state index contributed by atoms with van der Waals surface area (Å²) in [7, 11) is 0. The van der Waals surface area contributed by atoms with Crippen LogP contribution in [0.25, 0.3) is 0 Å². The van der Waals surface area contributed by atoms with Crippen LogP contribution < -0.4 is 5.32 Å². The van der Waals surface area contributed by atoms with Gasteiger partial charge in [-0.1, -0.05) is 0 Å². The molecule has 0 spiro atoms. The van der Waals surface area contributed by atoms with Crippen molar-refractivity contribution >= 4 is 23.7 Å². The van der Waals surface area contributed by atoms with E-state index in [2.05, 4.69) is 5.32 Å². The second kappa shape index (κ2) is 7.57. The van der Waals surface area contributed by atoms with Gasteiger partial charge in [-0.05, 0) is 44.3 Å². The average molecular weight is 325 g/mol. The van der Waals surface area contributed by atoms with Gasteiger partial charge in [0.25, 0.3) is 0 Å². The van der Waals surface area contributed by atoms with E-state index in [1.54, 1.807) is 0 Å². The minimum Gasteiger partial charge on any atom is -0.355 e. The zero-order valence-corrected chi connectivity index (χ0v) is 14.1. The molecule has 3 aliphatic heterocycles. The molecule has 3 rings (SSSR count). The number of carbonyl (C=O) groups is 2. The van der Waals surface area contributed by atoms with Crippen LogP contribution in [0.2, 0.25) is 0 Å². The van der Waals surface area contributed by atoms with Crippen LogP contribution in [0.4, 0.5) is 4.79 Å². The summed E-state index contributed by atoms with van der Waals surface area (Å²) in [6.07, 6.45) is 6.38. The lowest BCUT2D eigenvalue weighted by molar-refractivity contribution is -0.126. The van der Waals surface area contributed by atoms with Gasteiger partial charge in [0.1, 0.15) is 0 Å². The van der Waals surface area contributed by atoms with Gasteiger partial charge < -0.3 is 15.1 Å². The number of thioether (sulfide) groups is 1. The Morgan fingerprint density at radius 2 is 1.64 bits per heavy atom. The molecule has 5 nitrogen and oxygen atoms in total. The van der Waals surface area contributed by atoms with E-state index in [1.807, 2.05) is 21.6 Å². The normalized spacial score (nSPS) is 26.5. The van der Waals surface area contributed by atoms with Crippen LogP contribution in [0.5, 0.6) is 0 Å². The highest BCUT2D eigenvalue weighted by atomic mass is 32.2. The first-order chi connectivity index (χ1) is 10.7. The minimum absolute atomic E-state index is 0.0917. The summed E-state index contributed by atoms with van der Waals surface area (Å²) in [6.45, 7) is 4.07. The van der Waals surface area contributed by atoms with E-state index in [9.17, 15) is 9.59 Å². The molecule has 22 heavy (non-hydrogen) atoms. The molecule has 3 amide bonds. The summed E-state index contributed by atoms with van der Waals surface area (Å²) in [6, 6.07) is 0.179. The van der Waals surface area contributed by atoms with Crippen LogP contribution in [0.15, 0.2) is 0 Å². The summed E-state index contributed by atoms with van der Waals surface area (Å²) < 4.78 is 0. The largest absolute Gasteiger partial charge is 0.355 e. The maximum absolute atomic E-state index is 12.3. The first kappa shape index (κ1) is 16.0. The molecule has 0 aromatic rings. The number of hydrogen-bond donors (Lipinski definition) is 1. The van der Waals surface area contributed by atoms with E-state index in [1.165, 1.54) is 18.6 Å². The number of rotatable bonds is 3. The van der Waals surface area contributed by atoms with Crippen molar-refractivity contribution in [2.45, 2.75) is 43.8 Å². The summed E-state index contributed by atoms with van der Waals surface area (Å²) in [5.41, 5.74) is 0. The maximum atomic E-state index is 12.3. The second-order valence-electron chi connectivity index (χ2n) is 6.62. The van der Waals surface area contributed by atoms with Crippen molar-refractivity contribution in [2.75, 3.05) is 38.5 Å². The quantitative estimate of drug-likeness (QED) is 0.862. The number of amides is 3. The number of nitrogens with zero attached hydrogens (tertiary/aromatic N) is 2. The molecule has 0 radical (unpaired) electrons. The highest BCUT2D eigenvalue weighted by Gasteiger charge is 2.30. The fourth-order valence-electron chi connectivity index (χ4n) is 3.61. The Morgan fingerprint density at radius 1 is 0.955 bits per heavy atom. The van der Waals surface area contributed by atoms with Crippen molar-refractivity contribution in [3.05, 3.63) is 0 Å². The standard InChI is InChI=1S/C16H27N3O2S/c20-15(17-12-14-4-3-11-22-14)13-5-9-19(10-6-13)16(21)18-7-1-2-8-18/h13-14H,1-12H2,(H,17,20). The highest BCUT2D eigenvalue weighted by molar-refractivity contribution is 8.00. The zero-order chi connectivity index (χ0) is 15.4. The Bertz CT molecular complexity index is 398. The summed E-state index contributed by atoms with van der Waals surface area (Å²) >= 11 is 1.98. The Kier molecular flexibility index (Phi) is 5.50. The summed E-state index contributed by atoms with van der Waals surface area (Å²) in [4.78, 5) is 28.5. The lowest BCUT2D eigenvalue weighted by Crippen LogP contribution is -2.48. The summed E-state index contributed by atoms with van der Waals surface area (Å²) in [5, 5.41) is 3.73. The van der Waals surface area contributed by atoms with Crippen molar-refractivity contribution in [1.29, 1.82) is 0 Å². The highest BCUT2D eigenvalue weighted by Crippen LogP contribution is 2.26. The first-order valence-corrected chi connectivity index (χ1v) is 9.72. The molecular weight excluding hydrogens is 298 g/mol. The van der Waals surface area contributed by atoms with Gasteiger partial charge in [-0.15, -0.1) is 0 Å². The molecule has 6 heteroatoms. The fourth-order valence-corrected chi connectivity index (χ4v) is 4.81. The molecule has 1 N–H and O–H groups in total. The molecule has 3 fully saturated rings. The Balaban J connectivity index is 1.38. The zero-order valence-electron chi connectivity index (χ0n) is 13.3. The van der Waals surface area contributed by atoms with Crippen molar-refractivity contribution in [3.63, 3.8) is 0 Å². The number of carbonyl (C=O) groups excluding carboxylic acids is 2. The molecule has 0 aliphatic carbocycles. The van der Waals surface area contributed by atoms with Crippen LogP contribution in [0.3, 0.4) is 0 Å². The van der Waals surface area contributed by atoms with Crippen LogP contribution in [0.1, 0.15) is 38.5 Å². The molecule has 1 unspecified atom stereocenters. The Labute approximate surface area is 137 Å². The second-order valence-corrected chi connectivity index (χ2v) is 8.03. The van der Waals surface area contributed by atoms with E-state index >= 15 is 0 Å². The Morgan fingerprint density at radius 3 is 2.27 bits per heavy atom. The summed E-state index contributed by atoms with van der Waals surface area (Å²) in [5.74, 6) is 1.52. The van der Waals surface area contributed by atoms with E-state index in [-0.39, 0.29) is 17.9 Å². The molecule has 3 aliphatic rings. The number of urea groups is 1. The van der Waals surface area contributed by atoms with Crippen LogP contribution in [-0.4, -0.2) is 65.5 Å².